The van der Waals surface area contributed by atoms with Crippen molar-refractivity contribution >= 4 is 28.9 Å². The molecule has 2 amide bonds. The Hall–Kier alpha value is -2.96. The lowest BCUT2D eigenvalue weighted by Crippen LogP contribution is -2.32. The molecule has 0 aliphatic heterocycles. The Balaban J connectivity index is 2.01. The molecule has 132 valence electrons. The Morgan fingerprint density at radius 3 is 2.32 bits per heavy atom. The molecule has 2 aromatic carbocycles. The summed E-state index contributed by atoms with van der Waals surface area (Å²) in [6, 6.07) is 9.09. The first-order chi connectivity index (χ1) is 11.8. The third kappa shape index (κ3) is 4.76. The molecule has 1 atom stereocenters. The largest absolute Gasteiger partial charge is 0.374 e. The fourth-order valence-electron chi connectivity index (χ4n) is 2.11. The van der Waals surface area contributed by atoms with E-state index in [9.17, 15) is 18.4 Å². The smallest absolute Gasteiger partial charge is 0.246 e. The average molecular weight is 347 g/mol. The van der Waals surface area contributed by atoms with Gasteiger partial charge in [-0.15, -0.1) is 0 Å². The van der Waals surface area contributed by atoms with Crippen molar-refractivity contribution in [3.63, 3.8) is 0 Å². The van der Waals surface area contributed by atoms with E-state index in [0.29, 0.717) is 5.69 Å². The Bertz CT molecular complexity index is 778. The number of halogens is 2. The second-order valence-electron chi connectivity index (χ2n) is 5.60. The summed E-state index contributed by atoms with van der Waals surface area (Å²) < 4.78 is 26.7. The maximum absolute atomic E-state index is 13.6. The fourth-order valence-corrected chi connectivity index (χ4v) is 2.11. The Morgan fingerprint density at radius 2 is 1.72 bits per heavy atom. The number of carbonyl (C=O) groups is 2. The van der Waals surface area contributed by atoms with E-state index in [2.05, 4.69) is 10.6 Å². The van der Waals surface area contributed by atoms with Crippen LogP contribution >= 0.6 is 0 Å². The highest BCUT2D eigenvalue weighted by Gasteiger charge is 2.15. The number of anilines is 3. The number of nitrogens with zero attached hydrogens (tertiary/aromatic N) is 1. The van der Waals surface area contributed by atoms with Crippen molar-refractivity contribution in [2.24, 2.45) is 0 Å². The highest BCUT2D eigenvalue weighted by Crippen LogP contribution is 2.19. The predicted octanol–water partition coefficient (Wildman–Crippen LogP) is 3.39. The summed E-state index contributed by atoms with van der Waals surface area (Å²) >= 11 is 0. The number of carbonyl (C=O) groups excluding carboxylic acids is 2. The molecule has 0 aliphatic rings. The van der Waals surface area contributed by atoms with Gasteiger partial charge in [-0.25, -0.2) is 8.78 Å². The fraction of sp³-hybridized carbons (Fsp3) is 0.222. The van der Waals surface area contributed by atoms with Gasteiger partial charge in [-0.2, -0.15) is 0 Å². The highest BCUT2D eigenvalue weighted by molar-refractivity contribution is 5.96. The van der Waals surface area contributed by atoms with Crippen LogP contribution in [0.4, 0.5) is 25.8 Å². The van der Waals surface area contributed by atoms with E-state index in [1.54, 1.807) is 38.2 Å². The Labute approximate surface area is 144 Å². The monoisotopic (exact) mass is 347 g/mol. The van der Waals surface area contributed by atoms with Crippen LogP contribution in [-0.4, -0.2) is 24.9 Å². The molecule has 2 rings (SSSR count). The van der Waals surface area contributed by atoms with E-state index in [4.69, 9.17) is 0 Å². The first kappa shape index (κ1) is 18.4. The summed E-state index contributed by atoms with van der Waals surface area (Å²) in [7, 11) is 1.66. The van der Waals surface area contributed by atoms with Gasteiger partial charge in [0, 0.05) is 31.4 Å². The van der Waals surface area contributed by atoms with Crippen LogP contribution in [-0.2, 0) is 9.59 Å². The van der Waals surface area contributed by atoms with Crippen molar-refractivity contribution in [2.75, 3.05) is 22.6 Å². The van der Waals surface area contributed by atoms with E-state index in [0.717, 1.165) is 23.9 Å². The highest BCUT2D eigenvalue weighted by atomic mass is 19.1. The molecule has 0 saturated heterocycles. The van der Waals surface area contributed by atoms with Crippen LogP contribution in [0.5, 0.6) is 0 Å². The minimum Gasteiger partial charge on any atom is -0.374 e. The molecular formula is C18H19F2N3O2. The van der Waals surface area contributed by atoms with Gasteiger partial charge in [0.15, 0.2) is 0 Å². The van der Waals surface area contributed by atoms with Crippen LogP contribution in [0.25, 0.3) is 0 Å². The molecule has 0 spiro atoms. The van der Waals surface area contributed by atoms with Gasteiger partial charge in [0.2, 0.25) is 11.8 Å². The van der Waals surface area contributed by atoms with Crippen LogP contribution < -0.4 is 15.5 Å². The Morgan fingerprint density at radius 1 is 1.08 bits per heavy atom. The van der Waals surface area contributed by atoms with E-state index in [1.807, 2.05) is 0 Å². The zero-order valence-corrected chi connectivity index (χ0v) is 14.1. The normalized spacial score (nSPS) is 11.6. The maximum Gasteiger partial charge on any atom is 0.246 e. The van der Waals surface area contributed by atoms with Crippen molar-refractivity contribution in [3.05, 3.63) is 54.1 Å². The lowest BCUT2D eigenvalue weighted by Gasteiger charge is -2.18. The lowest BCUT2D eigenvalue weighted by atomic mass is 10.2. The van der Waals surface area contributed by atoms with Gasteiger partial charge in [-0.05, 0) is 43.3 Å². The van der Waals surface area contributed by atoms with Gasteiger partial charge < -0.3 is 15.5 Å². The van der Waals surface area contributed by atoms with Gasteiger partial charge in [0.05, 0.1) is 5.69 Å². The van der Waals surface area contributed by atoms with Crippen LogP contribution in [0.3, 0.4) is 0 Å². The average Bonchev–Trinajstić information content (AvgIpc) is 2.58. The van der Waals surface area contributed by atoms with Crippen LogP contribution in [0.1, 0.15) is 13.8 Å². The van der Waals surface area contributed by atoms with Crippen LogP contribution in [0, 0.1) is 11.6 Å². The molecule has 0 bridgehead atoms. The van der Waals surface area contributed by atoms with E-state index in [-0.39, 0.29) is 11.6 Å². The molecule has 25 heavy (non-hydrogen) atoms. The SMILES string of the molecule is CC(=O)N(C)c1ccc(NC(C)C(=O)Nc2cc(F)ccc2F)cc1. The van der Waals surface area contributed by atoms with Gasteiger partial charge in [-0.3, -0.25) is 9.59 Å². The molecule has 0 heterocycles. The summed E-state index contributed by atoms with van der Waals surface area (Å²) in [5, 5.41) is 5.31. The molecule has 0 aromatic heterocycles. The number of hydrogen-bond acceptors (Lipinski definition) is 3. The second-order valence-corrected chi connectivity index (χ2v) is 5.60. The topological polar surface area (TPSA) is 61.4 Å². The second kappa shape index (κ2) is 7.74. The first-order valence-electron chi connectivity index (χ1n) is 7.64. The number of hydrogen-bond donors (Lipinski definition) is 2. The van der Waals surface area contributed by atoms with Crippen molar-refractivity contribution in [3.8, 4) is 0 Å². The minimum atomic E-state index is -0.710. The predicted molar refractivity (Wildman–Crippen MR) is 93.6 cm³/mol. The summed E-state index contributed by atoms with van der Waals surface area (Å²) in [4.78, 5) is 24.9. The van der Waals surface area contributed by atoms with E-state index in [1.165, 1.54) is 11.8 Å². The summed E-state index contributed by atoms with van der Waals surface area (Å²) in [5.74, 6) is -1.94. The van der Waals surface area contributed by atoms with Crippen LogP contribution in [0.2, 0.25) is 0 Å². The van der Waals surface area contributed by atoms with Gasteiger partial charge >= 0.3 is 0 Å². The number of benzene rings is 2. The standard InChI is InChI=1S/C18H19F2N3O2/c1-11(18(25)22-17-10-13(19)4-9-16(17)20)21-14-5-7-15(8-6-14)23(3)12(2)24/h4-11,21H,1-3H3,(H,22,25). The number of rotatable bonds is 5. The molecule has 2 N–H and O–H groups in total. The third-order valence-electron chi connectivity index (χ3n) is 3.69. The summed E-state index contributed by atoms with van der Waals surface area (Å²) in [6.45, 7) is 3.06. The molecular weight excluding hydrogens is 328 g/mol. The zero-order chi connectivity index (χ0) is 18.6. The molecule has 7 heteroatoms. The summed E-state index contributed by atoms with van der Waals surface area (Å²) in [5.41, 5.74) is 1.16. The minimum absolute atomic E-state index is 0.0921. The quantitative estimate of drug-likeness (QED) is 0.872. The van der Waals surface area contributed by atoms with Crippen molar-refractivity contribution < 1.29 is 18.4 Å². The van der Waals surface area contributed by atoms with Crippen molar-refractivity contribution in [1.82, 2.24) is 0 Å². The number of nitrogens with one attached hydrogen (secondary N) is 2. The molecule has 0 fully saturated rings. The molecule has 1 unspecified atom stereocenters. The van der Waals surface area contributed by atoms with Crippen molar-refractivity contribution in [2.45, 2.75) is 19.9 Å². The van der Waals surface area contributed by atoms with Gasteiger partial charge in [-0.1, -0.05) is 0 Å². The van der Waals surface area contributed by atoms with Crippen LogP contribution in [0.15, 0.2) is 42.5 Å². The van der Waals surface area contributed by atoms with Gasteiger partial charge in [0.1, 0.15) is 17.7 Å². The maximum atomic E-state index is 13.6. The third-order valence-corrected chi connectivity index (χ3v) is 3.69. The van der Waals surface area contributed by atoms with Gasteiger partial charge in [0.25, 0.3) is 0 Å². The number of amides is 2. The molecule has 0 saturated carbocycles. The molecule has 0 radical (unpaired) electrons. The lowest BCUT2D eigenvalue weighted by molar-refractivity contribution is -0.117. The summed E-state index contributed by atoms with van der Waals surface area (Å²) in [6.07, 6.45) is 0. The van der Waals surface area contributed by atoms with Crippen molar-refractivity contribution in [1.29, 1.82) is 0 Å². The molecule has 2 aromatic rings. The zero-order valence-electron chi connectivity index (χ0n) is 14.1. The molecule has 5 nitrogen and oxygen atoms in total. The first-order valence-corrected chi connectivity index (χ1v) is 7.64. The van der Waals surface area contributed by atoms with E-state index >= 15 is 0 Å². The Kier molecular flexibility index (Phi) is 5.69. The van der Waals surface area contributed by atoms with E-state index < -0.39 is 23.6 Å². The molecule has 0 aliphatic carbocycles.